The van der Waals surface area contributed by atoms with Crippen molar-refractivity contribution in [1.82, 2.24) is 19.7 Å². The highest BCUT2D eigenvalue weighted by Gasteiger charge is 2.36. The van der Waals surface area contributed by atoms with Gasteiger partial charge in [0, 0.05) is 19.7 Å². The minimum absolute atomic E-state index is 0.0261. The third kappa shape index (κ3) is 4.49. The lowest BCUT2D eigenvalue weighted by Gasteiger charge is -2.13. The second kappa shape index (κ2) is 8.10. The van der Waals surface area contributed by atoms with Gasteiger partial charge in [0.25, 0.3) is 5.56 Å². The molecule has 0 bridgehead atoms. The summed E-state index contributed by atoms with van der Waals surface area (Å²) in [7, 11) is 1.45. The lowest BCUT2D eigenvalue weighted by molar-refractivity contribution is -0.136. The van der Waals surface area contributed by atoms with Gasteiger partial charge in [-0.15, -0.1) is 0 Å². The van der Waals surface area contributed by atoms with Crippen LogP contribution in [0.25, 0.3) is 11.0 Å². The molecule has 3 aromatic rings. The Balaban J connectivity index is 1.77. The number of hydrogen-bond acceptors (Lipinski definition) is 3. The van der Waals surface area contributed by atoms with Crippen LogP contribution >= 0.6 is 0 Å². The molecule has 0 saturated heterocycles. The van der Waals surface area contributed by atoms with E-state index >= 15 is 0 Å². The standard InChI is InChI=1S/C20H21F3N4O2/c1-13-18-15(20(21,22)23)11-17(29)27(19(18)26(2)25-13)12-16(28)24-10-6-9-14-7-4-3-5-8-14/h3-5,7-8,11H,6,9-10,12H2,1-2H3,(H,24,28). The van der Waals surface area contributed by atoms with E-state index in [0.717, 1.165) is 16.6 Å². The van der Waals surface area contributed by atoms with Crippen LogP contribution in [0.3, 0.4) is 0 Å². The first-order valence-electron chi connectivity index (χ1n) is 9.13. The van der Waals surface area contributed by atoms with Crippen molar-refractivity contribution in [1.29, 1.82) is 0 Å². The number of amides is 1. The summed E-state index contributed by atoms with van der Waals surface area (Å²) in [6.45, 7) is 1.46. The van der Waals surface area contributed by atoms with Gasteiger partial charge in [-0.25, -0.2) is 0 Å². The fourth-order valence-electron chi connectivity index (χ4n) is 3.39. The number of fused-ring (bicyclic) bond motifs is 1. The first-order chi connectivity index (χ1) is 13.7. The topological polar surface area (TPSA) is 68.9 Å². The number of benzene rings is 1. The molecule has 0 aliphatic rings. The van der Waals surface area contributed by atoms with E-state index in [1.807, 2.05) is 30.3 Å². The Morgan fingerprint density at radius 2 is 1.90 bits per heavy atom. The Morgan fingerprint density at radius 1 is 1.21 bits per heavy atom. The normalized spacial score (nSPS) is 11.8. The molecule has 0 saturated carbocycles. The Labute approximate surface area is 164 Å². The number of halogens is 3. The van der Waals surface area contributed by atoms with Crippen LogP contribution in [0.15, 0.2) is 41.2 Å². The quantitative estimate of drug-likeness (QED) is 0.640. The zero-order chi connectivity index (χ0) is 21.2. The number of carbonyl (C=O) groups excluding carboxylic acids is 1. The second-order valence-corrected chi connectivity index (χ2v) is 6.83. The fourth-order valence-corrected chi connectivity index (χ4v) is 3.39. The minimum Gasteiger partial charge on any atom is -0.355 e. The van der Waals surface area contributed by atoms with Gasteiger partial charge >= 0.3 is 6.18 Å². The highest BCUT2D eigenvalue weighted by atomic mass is 19.4. The monoisotopic (exact) mass is 406 g/mol. The van der Waals surface area contributed by atoms with Crippen LogP contribution in [0.1, 0.15) is 23.2 Å². The maximum absolute atomic E-state index is 13.4. The molecule has 1 amide bonds. The predicted molar refractivity (Wildman–Crippen MR) is 102 cm³/mol. The van der Waals surface area contributed by atoms with E-state index in [1.165, 1.54) is 18.7 Å². The van der Waals surface area contributed by atoms with Crippen molar-refractivity contribution in [2.45, 2.75) is 32.5 Å². The van der Waals surface area contributed by atoms with E-state index in [4.69, 9.17) is 0 Å². The van der Waals surface area contributed by atoms with E-state index < -0.39 is 23.2 Å². The molecular formula is C20H21F3N4O2. The van der Waals surface area contributed by atoms with Gasteiger partial charge in [-0.05, 0) is 25.3 Å². The van der Waals surface area contributed by atoms with Gasteiger partial charge in [-0.1, -0.05) is 30.3 Å². The summed E-state index contributed by atoms with van der Waals surface area (Å²) in [4.78, 5) is 24.7. The maximum atomic E-state index is 13.4. The molecule has 2 aromatic heterocycles. The summed E-state index contributed by atoms with van der Waals surface area (Å²) in [5.74, 6) is -0.444. The Morgan fingerprint density at radius 3 is 2.55 bits per heavy atom. The lowest BCUT2D eigenvalue weighted by Crippen LogP contribution is -2.34. The van der Waals surface area contributed by atoms with Gasteiger partial charge in [-0.3, -0.25) is 18.8 Å². The summed E-state index contributed by atoms with van der Waals surface area (Å²) < 4.78 is 42.3. The third-order valence-corrected chi connectivity index (χ3v) is 4.67. The van der Waals surface area contributed by atoms with Crippen LogP contribution < -0.4 is 10.9 Å². The average molecular weight is 406 g/mol. The van der Waals surface area contributed by atoms with Gasteiger partial charge in [-0.2, -0.15) is 18.3 Å². The number of carbonyl (C=O) groups is 1. The molecule has 0 atom stereocenters. The first kappa shape index (κ1) is 20.6. The molecule has 29 heavy (non-hydrogen) atoms. The Kier molecular flexibility index (Phi) is 5.76. The maximum Gasteiger partial charge on any atom is 0.417 e. The van der Waals surface area contributed by atoms with Crippen LogP contribution in [0.4, 0.5) is 13.2 Å². The predicted octanol–water partition coefficient (Wildman–Crippen LogP) is 2.81. The molecule has 0 aliphatic carbocycles. The molecule has 0 fully saturated rings. The number of hydrogen-bond donors (Lipinski definition) is 1. The molecule has 0 spiro atoms. The molecule has 6 nitrogen and oxygen atoms in total. The molecular weight excluding hydrogens is 385 g/mol. The lowest BCUT2D eigenvalue weighted by atomic mass is 10.1. The van der Waals surface area contributed by atoms with Crippen molar-refractivity contribution in [3.05, 3.63) is 63.6 Å². The van der Waals surface area contributed by atoms with Crippen molar-refractivity contribution in [3.63, 3.8) is 0 Å². The van der Waals surface area contributed by atoms with Crippen LogP contribution in [0.2, 0.25) is 0 Å². The highest BCUT2D eigenvalue weighted by molar-refractivity contribution is 5.85. The molecule has 0 unspecified atom stereocenters. The van der Waals surface area contributed by atoms with Gasteiger partial charge in [0.05, 0.1) is 16.6 Å². The SMILES string of the molecule is Cc1nn(C)c2c1c(C(F)(F)F)cc(=O)n2CC(=O)NCCCc1ccccc1. The van der Waals surface area contributed by atoms with E-state index in [9.17, 15) is 22.8 Å². The summed E-state index contributed by atoms with van der Waals surface area (Å²) in [6, 6.07) is 10.3. The number of nitrogens with zero attached hydrogens (tertiary/aromatic N) is 3. The van der Waals surface area contributed by atoms with Crippen molar-refractivity contribution in [3.8, 4) is 0 Å². The Hall–Kier alpha value is -3.10. The molecule has 1 aromatic carbocycles. The van der Waals surface area contributed by atoms with Crippen molar-refractivity contribution in [2.24, 2.45) is 7.05 Å². The van der Waals surface area contributed by atoms with E-state index in [2.05, 4.69) is 10.4 Å². The number of aromatic nitrogens is 3. The van der Waals surface area contributed by atoms with Crippen molar-refractivity contribution in [2.75, 3.05) is 6.54 Å². The summed E-state index contributed by atoms with van der Waals surface area (Å²) in [5.41, 5.74) is -0.670. The number of rotatable bonds is 6. The Bertz CT molecular complexity index is 1090. The van der Waals surface area contributed by atoms with Gasteiger partial charge in [0.2, 0.25) is 5.91 Å². The number of aryl methyl sites for hydroxylation is 3. The van der Waals surface area contributed by atoms with Crippen LogP contribution in [0.5, 0.6) is 0 Å². The van der Waals surface area contributed by atoms with Gasteiger partial charge < -0.3 is 5.32 Å². The molecule has 0 radical (unpaired) electrons. The molecule has 1 N–H and O–H groups in total. The van der Waals surface area contributed by atoms with Gasteiger partial charge in [0.1, 0.15) is 12.2 Å². The average Bonchev–Trinajstić information content (AvgIpc) is 2.95. The fraction of sp³-hybridized carbons (Fsp3) is 0.350. The second-order valence-electron chi connectivity index (χ2n) is 6.83. The highest BCUT2D eigenvalue weighted by Crippen LogP contribution is 2.35. The van der Waals surface area contributed by atoms with Crippen LogP contribution in [-0.4, -0.2) is 26.8 Å². The van der Waals surface area contributed by atoms with E-state index in [-0.39, 0.29) is 23.3 Å². The first-order valence-corrected chi connectivity index (χ1v) is 9.13. The largest absolute Gasteiger partial charge is 0.417 e. The third-order valence-electron chi connectivity index (χ3n) is 4.67. The van der Waals surface area contributed by atoms with Crippen LogP contribution in [0, 0.1) is 6.92 Å². The number of alkyl halides is 3. The molecule has 0 aliphatic heterocycles. The number of nitrogens with one attached hydrogen (secondary N) is 1. The zero-order valence-corrected chi connectivity index (χ0v) is 16.1. The zero-order valence-electron chi connectivity index (χ0n) is 16.1. The molecule has 9 heteroatoms. The van der Waals surface area contributed by atoms with Crippen LogP contribution in [-0.2, 0) is 31.0 Å². The van der Waals surface area contributed by atoms with Gasteiger partial charge in [0.15, 0.2) is 0 Å². The van der Waals surface area contributed by atoms with Crippen molar-refractivity contribution < 1.29 is 18.0 Å². The molecule has 3 rings (SSSR count). The van der Waals surface area contributed by atoms with E-state index in [0.29, 0.717) is 19.0 Å². The smallest absolute Gasteiger partial charge is 0.355 e. The molecule has 154 valence electrons. The minimum atomic E-state index is -4.69. The molecule has 2 heterocycles. The summed E-state index contributed by atoms with van der Waals surface area (Å²) in [6.07, 6.45) is -3.20. The summed E-state index contributed by atoms with van der Waals surface area (Å²) in [5, 5.41) is 6.55. The van der Waals surface area contributed by atoms with E-state index in [1.54, 1.807) is 0 Å². The number of pyridine rings is 1. The van der Waals surface area contributed by atoms with Crippen molar-refractivity contribution >= 4 is 16.9 Å². The summed E-state index contributed by atoms with van der Waals surface area (Å²) >= 11 is 0.